The molecule has 0 saturated heterocycles. The Morgan fingerprint density at radius 3 is 2.24 bits per heavy atom. The van der Waals surface area contributed by atoms with Gasteiger partial charge in [0.25, 0.3) is 0 Å². The third-order valence-corrected chi connectivity index (χ3v) is 4.95. The number of hydrogen-bond acceptors (Lipinski definition) is 3. The van der Waals surface area contributed by atoms with Crippen LogP contribution in [0.1, 0.15) is 10.4 Å². The van der Waals surface area contributed by atoms with Crippen LogP contribution in [-0.4, -0.2) is 22.6 Å². The second-order valence-electron chi connectivity index (χ2n) is 4.08. The summed E-state index contributed by atoms with van der Waals surface area (Å²) in [5.74, 6) is -0.647. The predicted molar refractivity (Wildman–Crippen MR) is 81.2 cm³/mol. The van der Waals surface area contributed by atoms with Gasteiger partial charge in [0.15, 0.2) is 0 Å². The Hall–Kier alpha value is -1.53. The van der Waals surface area contributed by atoms with Crippen LogP contribution in [0.15, 0.2) is 52.3 Å². The highest BCUT2D eigenvalue weighted by molar-refractivity contribution is 8.03. The molecule has 0 unspecified atom stereocenters. The van der Waals surface area contributed by atoms with Crippen molar-refractivity contribution in [1.29, 1.82) is 0 Å². The molecule has 0 aliphatic carbocycles. The van der Waals surface area contributed by atoms with Gasteiger partial charge >= 0.3 is 5.97 Å². The van der Waals surface area contributed by atoms with E-state index >= 15 is 0 Å². The standard InChI is InChI=1S/C15H12F2O2S2/c16-11-3-1-2-4-13(11)20-7-8-21-14-9-10(15(18)19)5-6-12(14)17/h1-6,9H,7-8H2,(H,18,19). The van der Waals surface area contributed by atoms with Crippen LogP contribution in [-0.2, 0) is 0 Å². The largest absolute Gasteiger partial charge is 0.478 e. The van der Waals surface area contributed by atoms with E-state index < -0.39 is 11.8 Å². The molecule has 0 atom stereocenters. The zero-order valence-corrected chi connectivity index (χ0v) is 12.5. The molecule has 0 aliphatic heterocycles. The van der Waals surface area contributed by atoms with E-state index in [0.717, 1.165) is 6.07 Å². The summed E-state index contributed by atoms with van der Waals surface area (Å²) in [6.07, 6.45) is 0. The zero-order chi connectivity index (χ0) is 15.2. The number of halogens is 2. The molecule has 0 amide bonds. The average molecular weight is 326 g/mol. The number of hydrogen-bond donors (Lipinski definition) is 1. The van der Waals surface area contributed by atoms with Crippen LogP contribution in [0.5, 0.6) is 0 Å². The maximum absolute atomic E-state index is 13.6. The number of thioether (sulfide) groups is 2. The summed E-state index contributed by atoms with van der Waals surface area (Å²) in [6.45, 7) is 0. The minimum absolute atomic E-state index is 0.0562. The lowest BCUT2D eigenvalue weighted by Crippen LogP contribution is -1.97. The molecular weight excluding hydrogens is 314 g/mol. The van der Waals surface area contributed by atoms with Gasteiger partial charge in [0, 0.05) is 21.3 Å². The number of benzene rings is 2. The summed E-state index contributed by atoms with van der Waals surface area (Å²) >= 11 is 2.57. The van der Waals surface area contributed by atoms with Gasteiger partial charge in [0.2, 0.25) is 0 Å². The second kappa shape index (κ2) is 7.47. The molecule has 2 aromatic rings. The van der Waals surface area contributed by atoms with Gasteiger partial charge < -0.3 is 5.11 Å². The van der Waals surface area contributed by atoms with Crippen LogP contribution in [0.4, 0.5) is 8.78 Å². The van der Waals surface area contributed by atoms with Gasteiger partial charge in [-0.25, -0.2) is 13.6 Å². The molecule has 0 heterocycles. The number of rotatable bonds is 6. The van der Waals surface area contributed by atoms with Crippen LogP contribution >= 0.6 is 23.5 Å². The van der Waals surface area contributed by atoms with E-state index in [2.05, 4.69) is 0 Å². The van der Waals surface area contributed by atoms with Crippen LogP contribution in [0.25, 0.3) is 0 Å². The topological polar surface area (TPSA) is 37.3 Å². The molecule has 2 rings (SSSR count). The fourth-order valence-corrected chi connectivity index (χ4v) is 3.52. The first-order valence-electron chi connectivity index (χ1n) is 6.11. The number of carbonyl (C=O) groups is 1. The average Bonchev–Trinajstić information content (AvgIpc) is 2.46. The number of carboxylic acid groups (broad SMARTS) is 1. The van der Waals surface area contributed by atoms with Crippen molar-refractivity contribution in [3.8, 4) is 0 Å². The van der Waals surface area contributed by atoms with E-state index in [1.165, 1.54) is 41.7 Å². The predicted octanol–water partition coefficient (Wildman–Crippen LogP) is 4.55. The quantitative estimate of drug-likeness (QED) is 0.624. The van der Waals surface area contributed by atoms with Crippen molar-refractivity contribution in [2.75, 3.05) is 11.5 Å². The molecule has 6 heteroatoms. The molecule has 0 saturated carbocycles. The zero-order valence-electron chi connectivity index (χ0n) is 10.9. The molecule has 0 aliphatic rings. The molecule has 2 aromatic carbocycles. The molecule has 0 radical (unpaired) electrons. The van der Waals surface area contributed by atoms with Crippen LogP contribution in [0, 0.1) is 11.6 Å². The Morgan fingerprint density at radius 1 is 0.952 bits per heavy atom. The lowest BCUT2D eigenvalue weighted by molar-refractivity contribution is 0.0696. The van der Waals surface area contributed by atoms with Gasteiger partial charge in [0.1, 0.15) is 11.6 Å². The highest BCUT2D eigenvalue weighted by Crippen LogP contribution is 2.27. The summed E-state index contributed by atoms with van der Waals surface area (Å²) in [6, 6.07) is 10.2. The molecule has 1 N–H and O–H groups in total. The van der Waals surface area contributed by atoms with Crippen molar-refractivity contribution in [3.05, 3.63) is 59.7 Å². The summed E-state index contributed by atoms with van der Waals surface area (Å²) in [5, 5.41) is 8.87. The van der Waals surface area contributed by atoms with Crippen molar-refractivity contribution in [2.24, 2.45) is 0 Å². The highest BCUT2D eigenvalue weighted by Gasteiger charge is 2.09. The minimum Gasteiger partial charge on any atom is -0.478 e. The van der Waals surface area contributed by atoms with E-state index in [9.17, 15) is 13.6 Å². The van der Waals surface area contributed by atoms with Crippen LogP contribution < -0.4 is 0 Å². The molecule has 0 aromatic heterocycles. The molecule has 0 fully saturated rings. The Balaban J connectivity index is 1.90. The number of aromatic carboxylic acids is 1. The normalized spacial score (nSPS) is 10.6. The van der Waals surface area contributed by atoms with Crippen molar-refractivity contribution < 1.29 is 18.7 Å². The van der Waals surface area contributed by atoms with E-state index in [4.69, 9.17) is 5.11 Å². The molecule has 0 spiro atoms. The van der Waals surface area contributed by atoms with Gasteiger partial charge in [-0.1, -0.05) is 12.1 Å². The van der Waals surface area contributed by atoms with Gasteiger partial charge in [0.05, 0.1) is 5.56 Å². The monoisotopic (exact) mass is 326 g/mol. The van der Waals surface area contributed by atoms with Crippen molar-refractivity contribution >= 4 is 29.5 Å². The first-order valence-corrected chi connectivity index (χ1v) is 8.08. The van der Waals surface area contributed by atoms with E-state index in [-0.39, 0.29) is 11.4 Å². The lowest BCUT2D eigenvalue weighted by Gasteiger charge is -2.05. The van der Waals surface area contributed by atoms with Gasteiger partial charge in [-0.3, -0.25) is 0 Å². The van der Waals surface area contributed by atoms with E-state index in [1.54, 1.807) is 18.2 Å². The second-order valence-corrected chi connectivity index (χ2v) is 6.35. The summed E-state index contributed by atoms with van der Waals surface area (Å²) in [5.41, 5.74) is 0.0562. The first kappa shape index (κ1) is 15.9. The Kier molecular flexibility index (Phi) is 5.64. The van der Waals surface area contributed by atoms with Crippen LogP contribution in [0.3, 0.4) is 0 Å². The third-order valence-electron chi connectivity index (χ3n) is 2.61. The minimum atomic E-state index is -1.09. The highest BCUT2D eigenvalue weighted by atomic mass is 32.2. The molecule has 0 bridgehead atoms. The molecular formula is C15H12F2O2S2. The Labute approximate surface area is 129 Å². The van der Waals surface area contributed by atoms with Gasteiger partial charge in [-0.05, 0) is 30.3 Å². The molecule has 21 heavy (non-hydrogen) atoms. The third kappa shape index (κ3) is 4.47. The van der Waals surface area contributed by atoms with E-state index in [1.807, 2.05) is 0 Å². The summed E-state index contributed by atoms with van der Waals surface area (Å²) in [4.78, 5) is 11.7. The SMILES string of the molecule is O=C(O)c1ccc(F)c(SCCSc2ccccc2F)c1. The molecule has 2 nitrogen and oxygen atoms in total. The molecule has 110 valence electrons. The number of carboxylic acids is 1. The van der Waals surface area contributed by atoms with Gasteiger partial charge in [-0.2, -0.15) is 0 Å². The fraction of sp³-hybridized carbons (Fsp3) is 0.133. The Bertz CT molecular complexity index is 647. The van der Waals surface area contributed by atoms with E-state index in [0.29, 0.717) is 21.3 Å². The summed E-state index contributed by atoms with van der Waals surface area (Å²) in [7, 11) is 0. The van der Waals surface area contributed by atoms with Crippen molar-refractivity contribution in [2.45, 2.75) is 9.79 Å². The Morgan fingerprint density at radius 2 is 1.57 bits per heavy atom. The first-order chi connectivity index (χ1) is 10.1. The lowest BCUT2D eigenvalue weighted by atomic mass is 10.2. The van der Waals surface area contributed by atoms with Crippen molar-refractivity contribution in [3.63, 3.8) is 0 Å². The van der Waals surface area contributed by atoms with Crippen LogP contribution in [0.2, 0.25) is 0 Å². The summed E-state index contributed by atoms with van der Waals surface area (Å²) < 4.78 is 27.0. The van der Waals surface area contributed by atoms with Crippen molar-refractivity contribution in [1.82, 2.24) is 0 Å². The fourth-order valence-electron chi connectivity index (χ4n) is 1.61. The maximum Gasteiger partial charge on any atom is 0.335 e. The smallest absolute Gasteiger partial charge is 0.335 e. The maximum atomic E-state index is 13.6. The van der Waals surface area contributed by atoms with Gasteiger partial charge in [-0.15, -0.1) is 23.5 Å².